The molecule has 0 bridgehead atoms. The largest absolute Gasteiger partial charge is 0.417 e. The summed E-state index contributed by atoms with van der Waals surface area (Å²) in [5, 5.41) is 0.410. The molecule has 0 unspecified atom stereocenters. The third kappa shape index (κ3) is 3.38. The lowest BCUT2D eigenvalue weighted by molar-refractivity contribution is -0.138. The number of nitrogens with zero attached hydrogens (tertiary/aromatic N) is 5. The molecule has 0 radical (unpaired) electrons. The van der Waals surface area contributed by atoms with Crippen molar-refractivity contribution in [1.82, 2.24) is 23.9 Å². The number of hydrogen-bond acceptors (Lipinski definition) is 4. The second kappa shape index (κ2) is 6.89. The number of aromatic nitrogens is 5. The van der Waals surface area contributed by atoms with Crippen LogP contribution in [0.25, 0.3) is 28.3 Å². The van der Waals surface area contributed by atoms with Crippen LogP contribution < -0.4 is 0 Å². The highest BCUT2D eigenvalue weighted by molar-refractivity contribution is 7.99. The summed E-state index contributed by atoms with van der Waals surface area (Å²) in [4.78, 5) is 12.5. The lowest BCUT2D eigenvalue weighted by atomic mass is 10.2. The van der Waals surface area contributed by atoms with Gasteiger partial charge in [0, 0.05) is 19.4 Å². The lowest BCUT2D eigenvalue weighted by Crippen LogP contribution is -2.06. The van der Waals surface area contributed by atoms with Crippen LogP contribution in [0.1, 0.15) is 18.1 Å². The van der Waals surface area contributed by atoms with Gasteiger partial charge in [0.05, 0.1) is 11.1 Å². The van der Waals surface area contributed by atoms with Gasteiger partial charge >= 0.3 is 12.4 Å². The lowest BCUT2D eigenvalue weighted by Gasteiger charge is -2.08. The summed E-state index contributed by atoms with van der Waals surface area (Å²) in [6.07, 6.45) is -7.43. The van der Waals surface area contributed by atoms with E-state index in [-0.39, 0.29) is 28.3 Å². The maximum Gasteiger partial charge on any atom is 0.417 e. The Morgan fingerprint density at radius 1 is 1.00 bits per heavy atom. The molecule has 0 atom stereocenters. The van der Waals surface area contributed by atoms with Gasteiger partial charge in [0.1, 0.15) is 21.9 Å². The fourth-order valence-electron chi connectivity index (χ4n) is 3.05. The number of imidazole rings is 2. The maximum absolute atomic E-state index is 13.1. The average Bonchev–Trinajstić information content (AvgIpc) is 3.18. The van der Waals surface area contributed by atoms with Gasteiger partial charge in [-0.15, -0.1) is 11.8 Å². The van der Waals surface area contributed by atoms with E-state index in [2.05, 4.69) is 15.0 Å². The molecule has 4 heterocycles. The van der Waals surface area contributed by atoms with Crippen LogP contribution in [0.4, 0.5) is 26.3 Å². The third-order valence-corrected chi connectivity index (χ3v) is 5.38. The van der Waals surface area contributed by atoms with Crippen molar-refractivity contribution < 1.29 is 26.3 Å². The molecule has 0 amide bonds. The molecule has 0 aliphatic rings. The van der Waals surface area contributed by atoms with E-state index in [9.17, 15) is 26.3 Å². The zero-order chi connectivity index (χ0) is 21.8. The highest BCUT2D eigenvalue weighted by atomic mass is 32.2. The van der Waals surface area contributed by atoms with Crippen LogP contribution in [0.15, 0.2) is 35.6 Å². The van der Waals surface area contributed by atoms with Crippen LogP contribution in [-0.2, 0) is 19.4 Å². The summed E-state index contributed by atoms with van der Waals surface area (Å²) in [7, 11) is 1.57. The van der Waals surface area contributed by atoms with Crippen molar-refractivity contribution in [1.29, 1.82) is 0 Å². The van der Waals surface area contributed by atoms with Gasteiger partial charge in [-0.25, -0.2) is 15.0 Å². The Hall–Kier alpha value is -2.76. The molecular formula is C18H13F6N5S. The number of fused-ring (bicyclic) bond motifs is 2. The first-order chi connectivity index (χ1) is 14.0. The molecule has 5 nitrogen and oxygen atoms in total. The van der Waals surface area contributed by atoms with E-state index in [4.69, 9.17) is 0 Å². The zero-order valence-corrected chi connectivity index (χ0v) is 16.3. The first-order valence-electron chi connectivity index (χ1n) is 8.63. The number of alkyl halides is 6. The summed E-state index contributed by atoms with van der Waals surface area (Å²) in [6.45, 7) is 1.83. The first kappa shape index (κ1) is 20.5. The molecule has 0 aromatic carbocycles. The third-order valence-electron chi connectivity index (χ3n) is 4.43. The van der Waals surface area contributed by atoms with Crippen LogP contribution in [-0.4, -0.2) is 29.7 Å². The molecule has 0 fully saturated rings. The molecule has 4 aromatic heterocycles. The molecule has 12 heteroatoms. The second-order valence-corrected chi connectivity index (χ2v) is 7.65. The second-order valence-electron chi connectivity index (χ2n) is 6.40. The number of rotatable bonds is 3. The predicted octanol–water partition coefficient (Wildman–Crippen LogP) is 5.43. The molecule has 158 valence electrons. The first-order valence-corrected chi connectivity index (χ1v) is 9.61. The maximum atomic E-state index is 13.1. The van der Waals surface area contributed by atoms with Crippen molar-refractivity contribution in [3.8, 4) is 11.5 Å². The molecule has 0 spiro atoms. The summed E-state index contributed by atoms with van der Waals surface area (Å²) < 4.78 is 81.2. The smallest absolute Gasteiger partial charge is 0.310 e. The highest BCUT2D eigenvalue weighted by Crippen LogP contribution is 2.36. The van der Waals surface area contributed by atoms with Crippen molar-refractivity contribution in [2.24, 2.45) is 7.05 Å². The number of aryl methyl sites for hydroxylation is 1. The molecule has 0 saturated carbocycles. The molecule has 30 heavy (non-hydrogen) atoms. The normalized spacial score (nSPS) is 12.9. The number of pyridine rings is 2. The van der Waals surface area contributed by atoms with E-state index < -0.39 is 23.5 Å². The van der Waals surface area contributed by atoms with Crippen molar-refractivity contribution in [3.05, 3.63) is 41.7 Å². The summed E-state index contributed by atoms with van der Waals surface area (Å²) in [5.74, 6) is 0.752. The summed E-state index contributed by atoms with van der Waals surface area (Å²) >= 11 is 1.26. The van der Waals surface area contributed by atoms with E-state index in [1.165, 1.54) is 26.8 Å². The predicted molar refractivity (Wildman–Crippen MR) is 99.1 cm³/mol. The van der Waals surface area contributed by atoms with Crippen LogP contribution in [0, 0.1) is 0 Å². The van der Waals surface area contributed by atoms with E-state index in [0.29, 0.717) is 10.8 Å². The summed E-state index contributed by atoms with van der Waals surface area (Å²) in [6, 6.07) is 3.06. The Kier molecular flexibility index (Phi) is 4.71. The Labute approximate surface area is 169 Å². The van der Waals surface area contributed by atoms with Gasteiger partial charge in [0.15, 0.2) is 11.5 Å². The molecular weight excluding hydrogens is 432 g/mol. The van der Waals surface area contributed by atoms with Crippen molar-refractivity contribution in [2.45, 2.75) is 24.3 Å². The minimum Gasteiger partial charge on any atom is -0.310 e. The fourth-order valence-corrected chi connectivity index (χ4v) is 3.89. The van der Waals surface area contributed by atoms with Crippen molar-refractivity contribution in [2.75, 3.05) is 5.75 Å². The Morgan fingerprint density at radius 3 is 2.33 bits per heavy atom. The van der Waals surface area contributed by atoms with Gasteiger partial charge in [-0.05, 0) is 24.0 Å². The Balaban J connectivity index is 1.95. The molecule has 0 aliphatic carbocycles. The SMILES string of the molecule is CCSc1c(-c2nc3cc(C(F)(F)F)cnc3n2C)nc2ccc(C(F)(F)F)cn12. The monoisotopic (exact) mass is 445 g/mol. The standard InChI is InChI=1S/C18H13F6N5S/c1-3-30-16-13(27-12-5-4-9(8-29(12)16)17(19,20)21)15-26-11-6-10(18(22,23)24)7-25-14(11)28(15)2/h4-8H,3H2,1-2H3. The van der Waals surface area contributed by atoms with E-state index in [1.807, 2.05) is 6.92 Å². The number of halogens is 6. The van der Waals surface area contributed by atoms with E-state index in [1.54, 1.807) is 7.05 Å². The number of thioether (sulfide) groups is 1. The van der Waals surface area contributed by atoms with Gasteiger partial charge in [0.2, 0.25) is 0 Å². The topological polar surface area (TPSA) is 48.0 Å². The van der Waals surface area contributed by atoms with Gasteiger partial charge in [-0.1, -0.05) is 6.92 Å². The molecule has 0 N–H and O–H groups in total. The zero-order valence-electron chi connectivity index (χ0n) is 15.5. The van der Waals surface area contributed by atoms with Gasteiger partial charge in [-0.3, -0.25) is 4.40 Å². The van der Waals surface area contributed by atoms with Gasteiger partial charge < -0.3 is 4.57 Å². The van der Waals surface area contributed by atoms with E-state index >= 15 is 0 Å². The van der Waals surface area contributed by atoms with E-state index in [0.717, 1.165) is 24.5 Å². The van der Waals surface area contributed by atoms with Crippen LogP contribution >= 0.6 is 11.8 Å². The minimum atomic E-state index is -4.57. The fraction of sp³-hybridized carbons (Fsp3) is 0.278. The Bertz CT molecular complexity index is 1250. The quantitative estimate of drug-likeness (QED) is 0.312. The van der Waals surface area contributed by atoms with Crippen LogP contribution in [0.5, 0.6) is 0 Å². The molecule has 4 rings (SSSR count). The average molecular weight is 445 g/mol. The van der Waals surface area contributed by atoms with Crippen molar-refractivity contribution in [3.63, 3.8) is 0 Å². The van der Waals surface area contributed by atoms with Crippen LogP contribution in [0.2, 0.25) is 0 Å². The molecule has 0 saturated heterocycles. The van der Waals surface area contributed by atoms with Gasteiger partial charge in [0.25, 0.3) is 0 Å². The number of hydrogen-bond donors (Lipinski definition) is 0. The molecule has 0 aliphatic heterocycles. The molecule has 4 aromatic rings. The van der Waals surface area contributed by atoms with Gasteiger partial charge in [-0.2, -0.15) is 26.3 Å². The Morgan fingerprint density at radius 2 is 1.70 bits per heavy atom. The highest BCUT2D eigenvalue weighted by Gasteiger charge is 2.33. The van der Waals surface area contributed by atoms with Crippen LogP contribution in [0.3, 0.4) is 0 Å². The minimum absolute atomic E-state index is 0.0165. The summed E-state index contributed by atoms with van der Waals surface area (Å²) in [5.41, 5.74) is -1.01. The van der Waals surface area contributed by atoms with Crippen molar-refractivity contribution >= 4 is 28.6 Å².